The van der Waals surface area contributed by atoms with Gasteiger partial charge in [-0.25, -0.2) is 0 Å². The number of rotatable bonds is 4. The van der Waals surface area contributed by atoms with Gasteiger partial charge in [0.2, 0.25) is 11.7 Å². The largest absolute Gasteiger partial charge is 0.481 e. The van der Waals surface area contributed by atoms with Crippen molar-refractivity contribution < 1.29 is 14.5 Å². The first kappa shape index (κ1) is 13.3. The van der Waals surface area contributed by atoms with Crippen molar-refractivity contribution in [2.24, 2.45) is 5.92 Å². The first-order valence-corrected chi connectivity index (χ1v) is 6.05. The lowest BCUT2D eigenvalue weighted by atomic mass is 10.00. The first-order valence-electron chi connectivity index (χ1n) is 6.05. The predicted molar refractivity (Wildman–Crippen MR) is 68.4 cm³/mol. The van der Waals surface area contributed by atoms with Gasteiger partial charge in [0, 0.05) is 31.1 Å². The molecule has 0 saturated carbocycles. The number of anilines is 1. The third-order valence-corrected chi connectivity index (χ3v) is 3.18. The second-order valence-electron chi connectivity index (χ2n) is 4.44. The minimum atomic E-state index is -0.466. The summed E-state index contributed by atoms with van der Waals surface area (Å²) >= 11 is 0. The maximum Gasteiger partial charge on any atom is 0.311 e. The second kappa shape index (κ2) is 5.64. The van der Waals surface area contributed by atoms with Gasteiger partial charge in [-0.05, 0) is 12.8 Å². The Morgan fingerprint density at radius 1 is 1.58 bits per heavy atom. The number of hydrogen-bond acceptors (Lipinski definition) is 6. The Labute approximate surface area is 110 Å². The molecule has 19 heavy (non-hydrogen) atoms. The molecule has 1 aliphatic heterocycles. The van der Waals surface area contributed by atoms with Crippen LogP contribution in [-0.2, 0) is 4.79 Å². The van der Waals surface area contributed by atoms with Crippen LogP contribution < -0.4 is 9.64 Å². The number of pyridine rings is 1. The number of nitro groups is 1. The number of carbonyl (C=O) groups is 1. The molecule has 1 saturated heterocycles. The minimum Gasteiger partial charge on any atom is -0.481 e. The van der Waals surface area contributed by atoms with Crippen LogP contribution in [0.15, 0.2) is 12.1 Å². The summed E-state index contributed by atoms with van der Waals surface area (Å²) in [6, 6.07) is 2.84. The highest BCUT2D eigenvalue weighted by atomic mass is 16.6. The van der Waals surface area contributed by atoms with Gasteiger partial charge in [-0.15, -0.1) is 0 Å². The molecule has 1 aromatic heterocycles. The van der Waals surface area contributed by atoms with Gasteiger partial charge in [0.15, 0.2) is 0 Å². The number of aldehydes is 1. The lowest BCUT2D eigenvalue weighted by molar-refractivity contribution is -0.384. The van der Waals surface area contributed by atoms with Gasteiger partial charge in [0.05, 0.1) is 12.0 Å². The molecule has 0 bridgehead atoms. The lowest BCUT2D eigenvalue weighted by Gasteiger charge is -2.30. The zero-order chi connectivity index (χ0) is 13.8. The topological polar surface area (TPSA) is 85.6 Å². The van der Waals surface area contributed by atoms with Gasteiger partial charge in [-0.3, -0.25) is 10.1 Å². The smallest absolute Gasteiger partial charge is 0.311 e. The standard InChI is InChI=1S/C12H15N3O4/c1-19-11-5-4-10(15(17)18)12(13-11)14-6-2-3-9(7-14)8-16/h4-5,8-9H,2-3,6-7H2,1H3. The molecule has 0 spiro atoms. The van der Waals surface area contributed by atoms with Crippen molar-refractivity contribution in [3.63, 3.8) is 0 Å². The van der Waals surface area contributed by atoms with Gasteiger partial charge in [0.25, 0.3) is 0 Å². The maximum atomic E-state index is 11.0. The molecule has 7 nitrogen and oxygen atoms in total. The molecule has 0 aliphatic carbocycles. The van der Waals surface area contributed by atoms with Crippen LogP contribution in [-0.4, -0.2) is 36.4 Å². The summed E-state index contributed by atoms with van der Waals surface area (Å²) in [4.78, 5) is 27.4. The Kier molecular flexibility index (Phi) is 3.94. The van der Waals surface area contributed by atoms with E-state index in [1.54, 1.807) is 4.90 Å². The van der Waals surface area contributed by atoms with E-state index in [9.17, 15) is 14.9 Å². The summed E-state index contributed by atoms with van der Waals surface area (Å²) in [5.74, 6) is 0.506. The van der Waals surface area contributed by atoms with Gasteiger partial charge < -0.3 is 14.4 Å². The Hall–Kier alpha value is -2.18. The SMILES string of the molecule is COc1ccc([N+](=O)[O-])c(N2CCCC(C=O)C2)n1. The zero-order valence-corrected chi connectivity index (χ0v) is 10.6. The van der Waals surface area contributed by atoms with E-state index in [2.05, 4.69) is 4.98 Å². The minimum absolute atomic E-state index is 0.0626. The van der Waals surface area contributed by atoms with E-state index < -0.39 is 4.92 Å². The van der Waals surface area contributed by atoms with Crippen LogP contribution in [0, 0.1) is 16.0 Å². The molecule has 7 heteroatoms. The van der Waals surface area contributed by atoms with E-state index in [4.69, 9.17) is 4.74 Å². The van der Waals surface area contributed by atoms with E-state index >= 15 is 0 Å². The number of nitrogens with zero attached hydrogens (tertiary/aromatic N) is 3. The van der Waals surface area contributed by atoms with E-state index in [1.165, 1.54) is 19.2 Å². The summed E-state index contributed by atoms with van der Waals surface area (Å²) in [6.07, 6.45) is 2.54. The first-order chi connectivity index (χ1) is 9.15. The quantitative estimate of drug-likeness (QED) is 0.465. The van der Waals surface area contributed by atoms with Gasteiger partial charge in [-0.1, -0.05) is 0 Å². The average molecular weight is 265 g/mol. The zero-order valence-electron chi connectivity index (χ0n) is 10.6. The van der Waals surface area contributed by atoms with Crippen molar-refractivity contribution in [2.45, 2.75) is 12.8 Å². The number of aromatic nitrogens is 1. The molecule has 2 heterocycles. The Balaban J connectivity index is 2.35. The van der Waals surface area contributed by atoms with Crippen LogP contribution in [0.1, 0.15) is 12.8 Å². The van der Waals surface area contributed by atoms with Crippen LogP contribution in [0.2, 0.25) is 0 Å². The number of methoxy groups -OCH3 is 1. The lowest BCUT2D eigenvalue weighted by Crippen LogP contribution is -2.36. The summed E-state index contributed by atoms with van der Waals surface area (Å²) < 4.78 is 5.00. The van der Waals surface area contributed by atoms with Crippen molar-refractivity contribution in [1.82, 2.24) is 4.98 Å². The monoisotopic (exact) mass is 265 g/mol. The summed E-state index contributed by atoms with van der Waals surface area (Å²) in [5, 5.41) is 11.0. The normalized spacial score (nSPS) is 19.0. The fourth-order valence-corrected chi connectivity index (χ4v) is 2.23. The number of hydrogen-bond donors (Lipinski definition) is 0. The fourth-order valence-electron chi connectivity index (χ4n) is 2.23. The van der Waals surface area contributed by atoms with Crippen molar-refractivity contribution >= 4 is 17.8 Å². The Bertz CT molecular complexity index is 492. The molecule has 1 aliphatic rings. The van der Waals surface area contributed by atoms with Gasteiger partial charge in [-0.2, -0.15) is 4.98 Å². The molecule has 2 rings (SSSR count). The summed E-state index contributed by atoms with van der Waals surface area (Å²) in [6.45, 7) is 1.12. The van der Waals surface area contributed by atoms with Crippen LogP contribution in [0.3, 0.4) is 0 Å². The average Bonchev–Trinajstić information content (AvgIpc) is 2.46. The number of carbonyl (C=O) groups excluding carboxylic acids is 1. The summed E-state index contributed by atoms with van der Waals surface area (Å²) in [5.41, 5.74) is -0.0626. The molecule has 1 fully saturated rings. The van der Waals surface area contributed by atoms with Crippen LogP contribution in [0.5, 0.6) is 5.88 Å². The molecular formula is C12H15N3O4. The van der Waals surface area contributed by atoms with Crippen molar-refractivity contribution in [2.75, 3.05) is 25.1 Å². The summed E-state index contributed by atoms with van der Waals surface area (Å²) in [7, 11) is 1.46. The molecule has 0 N–H and O–H groups in total. The molecule has 0 radical (unpaired) electrons. The van der Waals surface area contributed by atoms with E-state index in [0.717, 1.165) is 19.1 Å². The van der Waals surface area contributed by atoms with E-state index in [0.29, 0.717) is 19.0 Å². The van der Waals surface area contributed by atoms with E-state index in [-0.39, 0.29) is 17.4 Å². The predicted octanol–water partition coefficient (Wildman–Crippen LogP) is 1.41. The second-order valence-corrected chi connectivity index (χ2v) is 4.44. The van der Waals surface area contributed by atoms with Crippen LogP contribution in [0.4, 0.5) is 11.5 Å². The van der Waals surface area contributed by atoms with Crippen LogP contribution >= 0.6 is 0 Å². The third-order valence-electron chi connectivity index (χ3n) is 3.18. The third kappa shape index (κ3) is 2.81. The van der Waals surface area contributed by atoms with Crippen molar-refractivity contribution in [3.05, 3.63) is 22.2 Å². The molecule has 1 atom stereocenters. The number of piperidine rings is 1. The highest BCUT2D eigenvalue weighted by Crippen LogP contribution is 2.31. The Morgan fingerprint density at radius 2 is 2.37 bits per heavy atom. The van der Waals surface area contributed by atoms with Crippen molar-refractivity contribution in [1.29, 1.82) is 0 Å². The highest BCUT2D eigenvalue weighted by Gasteiger charge is 2.27. The molecule has 0 amide bonds. The Morgan fingerprint density at radius 3 is 3.00 bits per heavy atom. The molecule has 102 valence electrons. The van der Waals surface area contributed by atoms with Crippen molar-refractivity contribution in [3.8, 4) is 5.88 Å². The maximum absolute atomic E-state index is 11.0. The molecule has 1 unspecified atom stereocenters. The van der Waals surface area contributed by atoms with Gasteiger partial charge >= 0.3 is 5.69 Å². The van der Waals surface area contributed by atoms with E-state index in [1.807, 2.05) is 0 Å². The molecule has 1 aromatic rings. The number of ether oxygens (including phenoxy) is 1. The van der Waals surface area contributed by atoms with Gasteiger partial charge in [0.1, 0.15) is 6.29 Å². The highest BCUT2D eigenvalue weighted by molar-refractivity contribution is 5.62. The molecule has 0 aromatic carbocycles. The van der Waals surface area contributed by atoms with Crippen LogP contribution in [0.25, 0.3) is 0 Å². The fraction of sp³-hybridized carbons (Fsp3) is 0.500. The molecular weight excluding hydrogens is 250 g/mol.